The van der Waals surface area contributed by atoms with E-state index >= 15 is 0 Å². The number of phenols is 1. The zero-order chi connectivity index (χ0) is 13.9. The predicted octanol–water partition coefficient (Wildman–Crippen LogP) is 2.60. The van der Waals surface area contributed by atoms with E-state index in [0.29, 0.717) is 11.8 Å². The molecule has 1 fully saturated rings. The molecule has 1 aliphatic rings. The number of rotatable bonds is 2. The summed E-state index contributed by atoms with van der Waals surface area (Å²) in [5, 5.41) is 13.2. The van der Waals surface area contributed by atoms with E-state index in [0.717, 1.165) is 26.2 Å². The first-order valence-corrected chi connectivity index (χ1v) is 7.19. The fourth-order valence-corrected chi connectivity index (χ4v) is 2.63. The zero-order valence-electron chi connectivity index (χ0n) is 12.3. The highest BCUT2D eigenvalue weighted by molar-refractivity contribution is 5.27. The van der Waals surface area contributed by atoms with Crippen LogP contribution in [0.25, 0.3) is 0 Å². The molecule has 0 amide bonds. The van der Waals surface area contributed by atoms with Gasteiger partial charge >= 0.3 is 0 Å². The van der Waals surface area contributed by atoms with Crippen LogP contribution >= 0.6 is 0 Å². The first-order chi connectivity index (χ1) is 8.95. The summed E-state index contributed by atoms with van der Waals surface area (Å²) in [7, 11) is 0. The lowest BCUT2D eigenvalue weighted by Gasteiger charge is -2.33. The second kappa shape index (κ2) is 5.93. The number of hydrogen-bond donors (Lipinski definition) is 2. The molecule has 106 valence electrons. The Morgan fingerprint density at radius 1 is 1.37 bits per heavy atom. The van der Waals surface area contributed by atoms with Crippen LogP contribution in [0, 0.1) is 5.41 Å². The summed E-state index contributed by atoms with van der Waals surface area (Å²) in [5.41, 5.74) is 1.47. The SMILES string of the molecule is CC(C)(C)C1CN(Cc2cccc(O)c2)CCCN1. The molecule has 2 N–H and O–H groups in total. The maximum absolute atomic E-state index is 9.55. The van der Waals surface area contributed by atoms with Crippen LogP contribution in [0.3, 0.4) is 0 Å². The molecular formula is C16H26N2O. The maximum Gasteiger partial charge on any atom is 0.115 e. The normalized spacial score (nSPS) is 22.2. The van der Waals surface area contributed by atoms with Crippen LogP contribution in [0.15, 0.2) is 24.3 Å². The van der Waals surface area contributed by atoms with Crippen molar-refractivity contribution in [2.45, 2.75) is 39.8 Å². The van der Waals surface area contributed by atoms with Crippen LogP contribution in [-0.4, -0.2) is 35.7 Å². The average Bonchev–Trinajstić information content (AvgIpc) is 2.54. The largest absolute Gasteiger partial charge is 0.508 e. The number of hydrogen-bond acceptors (Lipinski definition) is 3. The monoisotopic (exact) mass is 262 g/mol. The number of nitrogens with one attached hydrogen (secondary N) is 1. The molecule has 1 aliphatic heterocycles. The molecule has 0 saturated carbocycles. The van der Waals surface area contributed by atoms with Crippen LogP contribution in [0.2, 0.25) is 0 Å². The Labute approximate surface area is 116 Å². The zero-order valence-corrected chi connectivity index (χ0v) is 12.3. The first-order valence-electron chi connectivity index (χ1n) is 7.19. The highest BCUT2D eigenvalue weighted by Crippen LogP contribution is 2.23. The molecule has 1 aromatic rings. The second-order valence-electron chi connectivity index (χ2n) is 6.63. The van der Waals surface area contributed by atoms with Crippen molar-refractivity contribution in [3.8, 4) is 5.75 Å². The van der Waals surface area contributed by atoms with Gasteiger partial charge in [-0.1, -0.05) is 32.9 Å². The summed E-state index contributed by atoms with van der Waals surface area (Å²) < 4.78 is 0. The molecule has 1 saturated heterocycles. The molecule has 1 unspecified atom stereocenters. The van der Waals surface area contributed by atoms with Gasteiger partial charge in [-0.15, -0.1) is 0 Å². The van der Waals surface area contributed by atoms with E-state index < -0.39 is 0 Å². The van der Waals surface area contributed by atoms with E-state index in [1.54, 1.807) is 6.07 Å². The molecule has 1 heterocycles. The Morgan fingerprint density at radius 2 is 2.16 bits per heavy atom. The van der Waals surface area contributed by atoms with Gasteiger partial charge in [0, 0.05) is 19.1 Å². The number of benzene rings is 1. The van der Waals surface area contributed by atoms with Crippen molar-refractivity contribution in [2.75, 3.05) is 19.6 Å². The van der Waals surface area contributed by atoms with E-state index in [1.807, 2.05) is 12.1 Å². The van der Waals surface area contributed by atoms with Crippen LogP contribution in [0.1, 0.15) is 32.8 Å². The highest BCUT2D eigenvalue weighted by atomic mass is 16.3. The number of nitrogens with zero attached hydrogens (tertiary/aromatic N) is 1. The van der Waals surface area contributed by atoms with Gasteiger partial charge in [0.05, 0.1) is 0 Å². The fraction of sp³-hybridized carbons (Fsp3) is 0.625. The molecule has 2 rings (SSSR count). The quantitative estimate of drug-likeness (QED) is 0.860. The Bertz CT molecular complexity index is 411. The second-order valence-corrected chi connectivity index (χ2v) is 6.63. The van der Waals surface area contributed by atoms with Crippen molar-refractivity contribution >= 4 is 0 Å². The number of aromatic hydroxyl groups is 1. The molecule has 0 spiro atoms. The van der Waals surface area contributed by atoms with Gasteiger partial charge in [0.15, 0.2) is 0 Å². The van der Waals surface area contributed by atoms with Crippen LogP contribution < -0.4 is 5.32 Å². The van der Waals surface area contributed by atoms with E-state index in [1.165, 1.54) is 12.0 Å². The third-order valence-electron chi connectivity index (χ3n) is 3.84. The molecule has 0 bridgehead atoms. The van der Waals surface area contributed by atoms with Crippen LogP contribution in [-0.2, 0) is 6.54 Å². The minimum Gasteiger partial charge on any atom is -0.508 e. The minimum atomic E-state index is 0.279. The Balaban J connectivity index is 2.02. The van der Waals surface area contributed by atoms with Gasteiger partial charge < -0.3 is 10.4 Å². The standard InChI is InChI=1S/C16H26N2O/c1-16(2,3)15-12-18(9-5-8-17-15)11-13-6-4-7-14(19)10-13/h4,6-7,10,15,17,19H,5,8-9,11-12H2,1-3H3. The predicted molar refractivity (Wildman–Crippen MR) is 79.2 cm³/mol. The van der Waals surface area contributed by atoms with Gasteiger partial charge in [-0.05, 0) is 42.6 Å². The summed E-state index contributed by atoms with van der Waals surface area (Å²) in [6.07, 6.45) is 1.19. The fourth-order valence-electron chi connectivity index (χ4n) is 2.63. The lowest BCUT2D eigenvalue weighted by atomic mass is 9.86. The third kappa shape index (κ3) is 4.22. The highest BCUT2D eigenvalue weighted by Gasteiger charge is 2.27. The molecule has 0 aromatic heterocycles. The molecule has 1 aromatic carbocycles. The minimum absolute atomic E-state index is 0.279. The summed E-state index contributed by atoms with van der Waals surface area (Å²) in [6.45, 7) is 11.1. The molecular weight excluding hydrogens is 236 g/mol. The summed E-state index contributed by atoms with van der Waals surface area (Å²) in [4.78, 5) is 2.49. The van der Waals surface area contributed by atoms with E-state index in [9.17, 15) is 5.11 Å². The number of phenolic OH excluding ortho intramolecular Hbond substituents is 1. The molecule has 19 heavy (non-hydrogen) atoms. The van der Waals surface area contributed by atoms with Gasteiger partial charge in [0.1, 0.15) is 5.75 Å². The van der Waals surface area contributed by atoms with Crippen molar-refractivity contribution in [1.82, 2.24) is 10.2 Å². The van der Waals surface area contributed by atoms with Crippen molar-refractivity contribution in [3.63, 3.8) is 0 Å². The van der Waals surface area contributed by atoms with Crippen LogP contribution in [0.4, 0.5) is 0 Å². The summed E-state index contributed by atoms with van der Waals surface area (Å²) >= 11 is 0. The van der Waals surface area contributed by atoms with Crippen molar-refractivity contribution < 1.29 is 5.11 Å². The van der Waals surface area contributed by atoms with E-state index in [2.05, 4.69) is 37.1 Å². The summed E-state index contributed by atoms with van der Waals surface area (Å²) in [6, 6.07) is 8.12. The first kappa shape index (κ1) is 14.4. The molecule has 3 heteroatoms. The molecule has 1 atom stereocenters. The maximum atomic E-state index is 9.55. The van der Waals surface area contributed by atoms with Gasteiger partial charge in [-0.3, -0.25) is 4.90 Å². The lowest BCUT2D eigenvalue weighted by Crippen LogP contribution is -2.46. The summed E-state index contributed by atoms with van der Waals surface area (Å²) in [5.74, 6) is 0.359. The molecule has 3 nitrogen and oxygen atoms in total. The van der Waals surface area contributed by atoms with Crippen LogP contribution in [0.5, 0.6) is 5.75 Å². The van der Waals surface area contributed by atoms with E-state index in [4.69, 9.17) is 0 Å². The third-order valence-corrected chi connectivity index (χ3v) is 3.84. The lowest BCUT2D eigenvalue weighted by molar-refractivity contribution is 0.192. The van der Waals surface area contributed by atoms with E-state index in [-0.39, 0.29) is 5.41 Å². The van der Waals surface area contributed by atoms with Crippen molar-refractivity contribution in [2.24, 2.45) is 5.41 Å². The molecule has 0 aliphatic carbocycles. The van der Waals surface area contributed by atoms with Crippen molar-refractivity contribution in [1.29, 1.82) is 0 Å². The Morgan fingerprint density at radius 3 is 2.84 bits per heavy atom. The van der Waals surface area contributed by atoms with Gasteiger partial charge in [0.2, 0.25) is 0 Å². The van der Waals surface area contributed by atoms with Gasteiger partial charge in [-0.25, -0.2) is 0 Å². The smallest absolute Gasteiger partial charge is 0.115 e. The Kier molecular flexibility index (Phi) is 4.48. The van der Waals surface area contributed by atoms with Crippen molar-refractivity contribution in [3.05, 3.63) is 29.8 Å². The Hall–Kier alpha value is -1.06. The van der Waals surface area contributed by atoms with Gasteiger partial charge in [0.25, 0.3) is 0 Å². The molecule has 0 radical (unpaired) electrons. The topological polar surface area (TPSA) is 35.5 Å². The van der Waals surface area contributed by atoms with Gasteiger partial charge in [-0.2, -0.15) is 0 Å². The average molecular weight is 262 g/mol.